The number of pyridine rings is 9. The highest BCUT2D eigenvalue weighted by molar-refractivity contribution is 7.93. The van der Waals surface area contributed by atoms with Gasteiger partial charge < -0.3 is 31.3 Å². The zero-order valence-corrected chi connectivity index (χ0v) is 55.7. The number of sulfonamides is 2. The molecule has 1 aliphatic heterocycles. The Bertz CT molecular complexity index is 4290. The number of nitrogens with zero attached hydrogens (tertiary/aromatic N) is 9. The van der Waals surface area contributed by atoms with E-state index in [2.05, 4.69) is 64.9 Å². The average molecular weight is 1430 g/mol. The van der Waals surface area contributed by atoms with Crippen LogP contribution in [-0.4, -0.2) is 120 Å². The molecule has 0 fully saturated rings. The first-order valence-electron chi connectivity index (χ1n) is 28.7. The number of aliphatic hydroxyl groups excluding tert-OH is 2. The molecule has 9 aromatic heterocycles. The van der Waals surface area contributed by atoms with E-state index in [0.717, 1.165) is 70.4 Å². The summed E-state index contributed by atoms with van der Waals surface area (Å²) in [6.07, 6.45) is 12.8. The molecule has 0 saturated carbocycles. The molecular formula is C61H64Cl5FN14O9S3. The summed E-state index contributed by atoms with van der Waals surface area (Å²) in [5, 5.41) is 24.1. The van der Waals surface area contributed by atoms with Crippen molar-refractivity contribution in [2.24, 2.45) is 5.73 Å². The highest BCUT2D eigenvalue weighted by atomic mass is 35.5. The lowest BCUT2D eigenvalue weighted by Gasteiger charge is -2.12. The molecule has 492 valence electrons. The molecular weight excluding hydrogens is 1370 g/mol. The second kappa shape index (κ2) is 36.2. The molecule has 0 unspecified atom stereocenters. The minimum Gasteiger partial charge on any atom is -0.477 e. The quantitative estimate of drug-likeness (QED) is 0.0310. The van der Waals surface area contributed by atoms with Gasteiger partial charge in [0.1, 0.15) is 33.6 Å². The molecule has 0 aliphatic carbocycles. The third kappa shape index (κ3) is 22.3. The molecule has 32 heteroatoms. The van der Waals surface area contributed by atoms with Gasteiger partial charge in [-0.25, -0.2) is 48.3 Å². The van der Waals surface area contributed by atoms with Gasteiger partial charge in [-0.1, -0.05) is 76.2 Å². The molecule has 0 radical (unpaired) electrons. The maximum absolute atomic E-state index is 13.2. The normalized spacial score (nSPS) is 12.8. The lowest BCUT2D eigenvalue weighted by atomic mass is 10.2. The van der Waals surface area contributed by atoms with Gasteiger partial charge in [0.15, 0.2) is 15.1 Å². The topological polar surface area (TPSA) is 342 Å². The number of halogens is 6. The van der Waals surface area contributed by atoms with Crippen molar-refractivity contribution in [3.05, 3.63) is 183 Å². The number of nitrogens with two attached hydrogens (primary N) is 1. The van der Waals surface area contributed by atoms with Crippen LogP contribution in [-0.2, 0) is 35.6 Å². The standard InChI is InChI=1S/C20H21Cl2N5O3S.C20H20ClN5O3S.C16H10Cl2FN3O2S.C5H13NO/c21-15-9-10-17(26-19(15)14-6-5-12-24-20(14)22)27-31(29,30)18-8-4-7-16(25-18)23-11-2-1-3-13-28;21-15-9-10-17-25-19(15)14-6-5-12-23-20(14)29-13-3-1-2-11-22-16-7-4-8-18(24-16)30(27,28)26-17;17-12-7-6-10(21-15(12)11-3-2-8-20-16(11)18)9-25(23,24)14-5-1-4-13(19)22-14;6-4-2-1-3-5-7/h4-10,12,28H,1-3,11,13H2,(H,23,25)(H,26,27);4-10,12H,1-3,11,13H2,(H,22,24)(H,25,26);1-8H,9H2;7H,1-6H2. The molecule has 10 heterocycles. The largest absolute Gasteiger partial charge is 0.477 e. The summed E-state index contributed by atoms with van der Waals surface area (Å²) >= 11 is 30.9. The monoisotopic (exact) mass is 1430 g/mol. The first-order chi connectivity index (χ1) is 44.7. The van der Waals surface area contributed by atoms with E-state index in [1.807, 2.05) is 0 Å². The van der Waals surface area contributed by atoms with Crippen LogP contribution in [0.1, 0.15) is 63.5 Å². The summed E-state index contributed by atoms with van der Waals surface area (Å²) in [6, 6.07) is 32.4. The number of rotatable bonds is 18. The number of anilines is 4. The maximum atomic E-state index is 13.2. The van der Waals surface area contributed by atoms with E-state index in [-0.39, 0.29) is 49.3 Å². The Hall–Kier alpha value is -7.54. The van der Waals surface area contributed by atoms with Crippen LogP contribution in [0.5, 0.6) is 5.88 Å². The summed E-state index contributed by atoms with van der Waals surface area (Å²) in [5.74, 6) is 0.220. The van der Waals surface area contributed by atoms with Crippen molar-refractivity contribution in [1.29, 1.82) is 0 Å². The van der Waals surface area contributed by atoms with Crippen LogP contribution < -0.4 is 30.5 Å². The number of unbranched alkanes of at least 4 members (excludes halogenated alkanes) is 4. The summed E-state index contributed by atoms with van der Waals surface area (Å²) < 4.78 is 100. The van der Waals surface area contributed by atoms with Crippen LogP contribution in [0.4, 0.5) is 27.7 Å². The Labute approximate surface area is 563 Å². The predicted octanol–water partition coefficient (Wildman–Crippen LogP) is 12.3. The van der Waals surface area contributed by atoms with E-state index >= 15 is 0 Å². The third-order valence-electron chi connectivity index (χ3n) is 12.8. The lowest BCUT2D eigenvalue weighted by Crippen LogP contribution is -2.16. The first-order valence-corrected chi connectivity index (χ1v) is 35.3. The first kappa shape index (κ1) is 72.9. The van der Waals surface area contributed by atoms with Gasteiger partial charge in [-0.2, -0.15) is 21.2 Å². The van der Waals surface area contributed by atoms with Crippen LogP contribution >= 0.6 is 58.0 Å². The molecule has 9 aromatic rings. The fourth-order valence-corrected chi connectivity index (χ4v) is 12.5. The summed E-state index contributed by atoms with van der Waals surface area (Å²) in [7, 11) is -11.8. The minimum absolute atomic E-state index is 0.0727. The molecule has 0 amide bonds. The molecule has 0 saturated heterocycles. The molecule has 0 atom stereocenters. The Balaban J connectivity index is 0.000000188. The zero-order chi connectivity index (χ0) is 66.8. The molecule has 0 spiro atoms. The number of hydrogen-bond donors (Lipinski definition) is 7. The Morgan fingerprint density at radius 3 is 1.86 bits per heavy atom. The Morgan fingerprint density at radius 2 is 1.18 bits per heavy atom. The van der Waals surface area contributed by atoms with E-state index < -0.39 is 41.6 Å². The molecule has 4 bridgehead atoms. The van der Waals surface area contributed by atoms with Crippen molar-refractivity contribution in [2.75, 3.05) is 59.5 Å². The Morgan fingerprint density at radius 1 is 0.570 bits per heavy atom. The molecule has 93 heavy (non-hydrogen) atoms. The number of fused-ring (bicyclic) bond motifs is 6. The van der Waals surface area contributed by atoms with Gasteiger partial charge in [-0.05, 0) is 174 Å². The van der Waals surface area contributed by atoms with Gasteiger partial charge in [0.25, 0.3) is 20.0 Å². The van der Waals surface area contributed by atoms with Gasteiger partial charge in [-0.3, -0.25) is 14.4 Å². The van der Waals surface area contributed by atoms with Gasteiger partial charge in [0.05, 0.1) is 55.8 Å². The fraction of sp³-hybridized carbons (Fsp3) is 0.262. The van der Waals surface area contributed by atoms with Crippen molar-refractivity contribution in [3.8, 4) is 39.7 Å². The Kier molecular flexibility index (Phi) is 28.4. The van der Waals surface area contributed by atoms with Crippen LogP contribution in [0.25, 0.3) is 33.8 Å². The highest BCUT2D eigenvalue weighted by Crippen LogP contribution is 2.35. The fourth-order valence-electron chi connectivity index (χ4n) is 8.33. The van der Waals surface area contributed by atoms with Crippen LogP contribution in [0.3, 0.4) is 0 Å². The average Bonchev–Trinajstić information content (AvgIpc) is 1.15. The number of aromatic nitrogens is 9. The van der Waals surface area contributed by atoms with Gasteiger partial charge in [0.2, 0.25) is 21.7 Å². The second-order valence-corrected chi connectivity index (χ2v) is 27.0. The van der Waals surface area contributed by atoms with E-state index in [4.69, 9.17) is 78.7 Å². The smallest absolute Gasteiger partial charge is 0.280 e. The molecule has 10 rings (SSSR count). The number of nitrogens with one attached hydrogen (secondary N) is 4. The van der Waals surface area contributed by atoms with Crippen LogP contribution in [0.15, 0.2) is 161 Å². The highest BCUT2D eigenvalue weighted by Gasteiger charge is 2.23. The minimum atomic E-state index is -3.99. The van der Waals surface area contributed by atoms with Crippen LogP contribution in [0.2, 0.25) is 25.4 Å². The number of hydrogen-bond acceptors (Lipinski definition) is 21. The van der Waals surface area contributed by atoms with E-state index in [9.17, 15) is 29.6 Å². The molecule has 1 aliphatic rings. The second-order valence-electron chi connectivity index (χ2n) is 19.8. The van der Waals surface area contributed by atoms with Crippen molar-refractivity contribution in [1.82, 2.24) is 44.9 Å². The van der Waals surface area contributed by atoms with Crippen molar-refractivity contribution in [3.63, 3.8) is 0 Å². The number of aliphatic hydroxyl groups is 2. The molecule has 23 nitrogen and oxygen atoms in total. The zero-order valence-electron chi connectivity index (χ0n) is 49.5. The van der Waals surface area contributed by atoms with Crippen molar-refractivity contribution in [2.45, 2.75) is 78.6 Å². The van der Waals surface area contributed by atoms with Gasteiger partial charge in [-0.15, -0.1) is 0 Å². The van der Waals surface area contributed by atoms with E-state index in [0.29, 0.717) is 92.7 Å². The van der Waals surface area contributed by atoms with Gasteiger partial charge >= 0.3 is 0 Å². The maximum Gasteiger partial charge on any atom is 0.280 e. The summed E-state index contributed by atoms with van der Waals surface area (Å²) in [6.45, 7) is 3.02. The number of sulfone groups is 1. The predicted molar refractivity (Wildman–Crippen MR) is 360 cm³/mol. The third-order valence-corrected chi connectivity index (χ3v) is 18.4. The van der Waals surface area contributed by atoms with Crippen LogP contribution in [0, 0.1) is 5.95 Å². The SMILES string of the molecule is NCCCCCO.O=S(=O)(Cc1ccc(Cl)c(-c2cccnc2Cl)n1)c1cccc(F)n1.O=S(=O)(Nc1ccc(Cl)c(-c2cccnc2Cl)n1)c1cccc(NCCCCCO)n1.O=S1(=O)Nc2ccc(Cl)c(n2)-c2cccnc2OCCCCCNc2cccc1n2. The molecule has 0 aromatic carbocycles. The van der Waals surface area contributed by atoms with Gasteiger partial charge in [0, 0.05) is 56.0 Å². The van der Waals surface area contributed by atoms with Crippen molar-refractivity contribution >= 4 is 111 Å². The lowest BCUT2D eigenvalue weighted by molar-refractivity contribution is 0.283. The number of ether oxygens (including phenoxy) is 1. The summed E-state index contributed by atoms with van der Waals surface area (Å²) in [5.41, 5.74) is 7.99. The molecule has 8 N–H and O–H groups in total. The summed E-state index contributed by atoms with van der Waals surface area (Å²) in [4.78, 5) is 37.0. The van der Waals surface area contributed by atoms with E-state index in [1.165, 1.54) is 67.0 Å². The van der Waals surface area contributed by atoms with Crippen molar-refractivity contribution < 1.29 is 44.6 Å². The van der Waals surface area contributed by atoms with E-state index in [1.54, 1.807) is 72.9 Å².